The van der Waals surface area contributed by atoms with E-state index in [0.717, 1.165) is 24.9 Å². The largest absolute Gasteiger partial charge is 0.480 e. The molecule has 25 heteroatoms. The number of carbonyl (C=O) groups is 10. The van der Waals surface area contributed by atoms with Gasteiger partial charge in [0, 0.05) is 83.5 Å². The highest BCUT2D eigenvalue weighted by Gasteiger charge is 2.40. The van der Waals surface area contributed by atoms with Crippen LogP contribution in [0.25, 0.3) is 5.57 Å². The predicted octanol–water partition coefficient (Wildman–Crippen LogP) is -2.56. The van der Waals surface area contributed by atoms with Gasteiger partial charge in [-0.1, -0.05) is 26.3 Å². The van der Waals surface area contributed by atoms with Gasteiger partial charge in [-0.2, -0.15) is 0 Å². The molecule has 5 aliphatic rings. The van der Waals surface area contributed by atoms with E-state index in [-0.39, 0.29) is 82.1 Å². The van der Waals surface area contributed by atoms with E-state index in [9.17, 15) is 68.4 Å². The van der Waals surface area contributed by atoms with Gasteiger partial charge in [0.25, 0.3) is 0 Å². The Bertz CT molecular complexity index is 2250. The maximum atomic E-state index is 14.1. The second-order valence-corrected chi connectivity index (χ2v) is 20.1. The number of aryl methyl sites for hydroxylation is 1. The van der Waals surface area contributed by atoms with Crippen LogP contribution in [0.1, 0.15) is 76.5 Å². The summed E-state index contributed by atoms with van der Waals surface area (Å²) in [6.07, 6.45) is 3.53. The third-order valence-electron chi connectivity index (χ3n) is 14.6. The molecule has 5 heterocycles. The van der Waals surface area contributed by atoms with E-state index >= 15 is 0 Å². The third-order valence-corrected chi connectivity index (χ3v) is 14.6. The summed E-state index contributed by atoms with van der Waals surface area (Å²) in [5, 5.41) is 51.9. The van der Waals surface area contributed by atoms with Crippen LogP contribution in [0.5, 0.6) is 0 Å². The van der Waals surface area contributed by atoms with Crippen LogP contribution in [0.3, 0.4) is 0 Å². The lowest BCUT2D eigenvalue weighted by Gasteiger charge is -2.35. The van der Waals surface area contributed by atoms with Crippen molar-refractivity contribution in [2.75, 3.05) is 85.1 Å². The molecule has 7 atom stereocenters. The van der Waals surface area contributed by atoms with Gasteiger partial charge in [0.2, 0.25) is 35.8 Å². The van der Waals surface area contributed by atoms with Crippen LogP contribution in [-0.2, 0) is 65.6 Å². The average Bonchev–Trinajstić information content (AvgIpc) is 3.90. The molecule has 9 N–H and O–H groups in total. The lowest BCUT2D eigenvalue weighted by atomic mass is 9.85. The Kier molecular flexibility index (Phi) is 20.6. The number of ketones is 1. The number of carboxylic acid groups (broad SMARTS) is 3. The Hall–Kier alpha value is -6.28. The van der Waals surface area contributed by atoms with Gasteiger partial charge in [0.05, 0.1) is 43.7 Å². The van der Waals surface area contributed by atoms with Crippen LogP contribution in [0.15, 0.2) is 18.3 Å². The summed E-state index contributed by atoms with van der Waals surface area (Å²) in [6.45, 7) is 8.74. The van der Waals surface area contributed by atoms with E-state index in [0.29, 0.717) is 71.0 Å². The van der Waals surface area contributed by atoms with E-state index < -0.39 is 95.6 Å². The number of aliphatic carboxylic acids is 3. The molecule has 3 saturated heterocycles. The Morgan fingerprint density at radius 2 is 1.38 bits per heavy atom. The van der Waals surface area contributed by atoms with Crippen LogP contribution >= 0.6 is 0 Å². The highest BCUT2D eigenvalue weighted by molar-refractivity contribution is 6.24. The highest BCUT2D eigenvalue weighted by Crippen LogP contribution is 2.35. The molecule has 0 saturated carbocycles. The van der Waals surface area contributed by atoms with E-state index in [1.165, 1.54) is 0 Å². The number of aromatic nitrogens is 1. The van der Waals surface area contributed by atoms with Crippen LogP contribution in [-0.4, -0.2) is 219 Å². The summed E-state index contributed by atoms with van der Waals surface area (Å²) in [4.78, 5) is 135. The van der Waals surface area contributed by atoms with Crippen LogP contribution in [0.4, 0.5) is 0 Å². The number of likely N-dealkylation sites (tertiary alicyclic amines) is 1. The third kappa shape index (κ3) is 16.4. The second kappa shape index (κ2) is 26.8. The number of carboxylic acids is 3. The lowest BCUT2D eigenvalue weighted by molar-refractivity contribution is -0.155. The number of amides is 5. The van der Waals surface area contributed by atoms with Gasteiger partial charge < -0.3 is 61.2 Å². The van der Waals surface area contributed by atoms with Crippen molar-refractivity contribution in [2.24, 2.45) is 17.8 Å². The molecule has 1 aromatic rings. The minimum Gasteiger partial charge on any atom is -0.480 e. The number of ether oxygens (including phenoxy) is 1. The van der Waals surface area contributed by atoms with Crippen LogP contribution in [0, 0.1) is 17.8 Å². The fraction of sp³-hybridized carbons (Fsp3) is 0.673. The van der Waals surface area contributed by atoms with Crippen molar-refractivity contribution in [3.63, 3.8) is 0 Å². The van der Waals surface area contributed by atoms with Gasteiger partial charge in [-0.25, -0.2) is 4.79 Å². The molecule has 1 aromatic heterocycles. The molecule has 1 aliphatic carbocycles. The van der Waals surface area contributed by atoms with Gasteiger partial charge in [0.1, 0.15) is 18.1 Å². The van der Waals surface area contributed by atoms with Crippen molar-refractivity contribution < 1.29 is 73.1 Å². The zero-order valence-electron chi connectivity index (χ0n) is 42.1. The van der Waals surface area contributed by atoms with E-state index in [4.69, 9.17) is 4.74 Å². The minimum absolute atomic E-state index is 0.0357. The number of carbonyl (C=O) groups excluding carboxylic acids is 7. The van der Waals surface area contributed by atoms with Crippen molar-refractivity contribution in [3.8, 4) is 0 Å². The summed E-state index contributed by atoms with van der Waals surface area (Å²) in [5.41, 5.74) is 1.65. The molecule has 0 spiro atoms. The molecule has 3 fully saturated rings. The van der Waals surface area contributed by atoms with E-state index in [1.807, 2.05) is 38.5 Å². The van der Waals surface area contributed by atoms with Crippen LogP contribution < -0.4 is 26.6 Å². The molecule has 6 rings (SSSR count). The number of cyclic esters (lactones) is 1. The molecule has 4 aliphatic heterocycles. The number of rotatable bonds is 23. The number of nitrogens with one attached hydrogen (secondary N) is 5. The van der Waals surface area contributed by atoms with Crippen molar-refractivity contribution in [1.29, 1.82) is 0 Å². The molecule has 0 radical (unpaired) electrons. The molecule has 25 nitrogen and oxygen atoms in total. The predicted molar refractivity (Wildman–Crippen MR) is 261 cm³/mol. The molecule has 74 heavy (non-hydrogen) atoms. The summed E-state index contributed by atoms with van der Waals surface area (Å²) in [6, 6.07) is -2.48. The normalized spacial score (nSPS) is 23.5. The van der Waals surface area contributed by atoms with Crippen LogP contribution in [0.2, 0.25) is 0 Å². The monoisotopic (exact) mass is 1040 g/mol. The second-order valence-electron chi connectivity index (χ2n) is 20.1. The SMILES string of the molecule is CCC(C)C(NC(=O)CCNC(=O)CCC(NC(=O)CN1CCC(CN2CCN(CC(=O)O)CCN(CC(=O)O)CC2)CC1)C(=O)O)C(=O)N[C@H]1CCn2ccc3c2C(=C[C@@H](C(=O)NC2CC(=O)OC2O)C3)C1=O. The maximum Gasteiger partial charge on any atom is 0.326 e. The average molecular weight is 1040 g/mol. The maximum absolute atomic E-state index is 14.1. The molecule has 5 unspecified atom stereocenters. The summed E-state index contributed by atoms with van der Waals surface area (Å²) >= 11 is 0. The zero-order valence-corrected chi connectivity index (χ0v) is 42.1. The Morgan fingerprint density at radius 3 is 1.97 bits per heavy atom. The quantitative estimate of drug-likeness (QED) is 0.0509. The van der Waals surface area contributed by atoms with Crippen molar-refractivity contribution >= 4 is 64.8 Å². The molecule has 0 aromatic carbocycles. The number of hydrogen-bond acceptors (Lipinski definition) is 16. The van der Waals surface area contributed by atoms with Crippen molar-refractivity contribution in [3.05, 3.63) is 29.6 Å². The number of Topliss-reactive ketones (excluding diaryl/α,β-unsaturated/α-hetero) is 1. The number of hydrogen-bond donors (Lipinski definition) is 9. The molecular formula is C49H72N10O15. The first-order valence-corrected chi connectivity index (χ1v) is 25.6. The first kappa shape index (κ1) is 57.0. The standard InChI is InChI=1S/C49H72N10O15/c1-3-29(2)43(47(70)52-34-10-15-59-14-9-31-22-32(23-33(44(31)59)45(34)68)46(69)53-36-24-42(67)74-49(36)73)54-38(61)6-11-50-37(60)5-4-35(48(71)72)51-39(62)26-55-12-7-30(8-13-55)25-56-16-18-57(27-40(63)64)20-21-58(19-17-56)28-41(65)66/h9,14,23,29-30,32,34-36,43,49,73H,3-8,10-13,15-22,24-28H2,1-2H3,(H,50,60)(H,51,62)(H,52,70)(H,53,69)(H,54,61)(H,63,64)(H,65,66)(H,71,72)/t29?,32-,34-,35?,36?,43?,49?/m0/s1. The smallest absolute Gasteiger partial charge is 0.326 e. The molecule has 5 amide bonds. The topological polar surface area (TPSA) is 339 Å². The van der Waals surface area contributed by atoms with Gasteiger partial charge in [-0.15, -0.1) is 0 Å². The van der Waals surface area contributed by atoms with Gasteiger partial charge >= 0.3 is 23.9 Å². The molecule has 0 bridgehead atoms. The number of piperidine rings is 1. The fourth-order valence-electron chi connectivity index (χ4n) is 10.2. The number of esters is 1. The van der Waals surface area contributed by atoms with Crippen molar-refractivity contribution in [2.45, 2.75) is 109 Å². The Balaban J connectivity index is 0.911. The van der Waals surface area contributed by atoms with E-state index in [2.05, 4.69) is 31.5 Å². The van der Waals surface area contributed by atoms with E-state index in [1.54, 1.807) is 13.0 Å². The first-order chi connectivity index (χ1) is 35.3. The number of aliphatic hydroxyl groups is 1. The summed E-state index contributed by atoms with van der Waals surface area (Å²) in [7, 11) is 0. The lowest BCUT2D eigenvalue weighted by Crippen LogP contribution is -2.54. The van der Waals surface area contributed by atoms with Gasteiger partial charge in [-0.3, -0.25) is 57.9 Å². The van der Waals surface area contributed by atoms with Gasteiger partial charge in [0.15, 0.2) is 5.78 Å². The Morgan fingerprint density at radius 1 is 0.743 bits per heavy atom. The summed E-state index contributed by atoms with van der Waals surface area (Å²) < 4.78 is 6.63. The Labute approximate surface area is 428 Å². The summed E-state index contributed by atoms with van der Waals surface area (Å²) in [5.74, 6) is -7.83. The number of nitrogens with zero attached hydrogens (tertiary/aromatic N) is 5. The van der Waals surface area contributed by atoms with Crippen molar-refractivity contribution in [1.82, 2.24) is 50.8 Å². The zero-order chi connectivity index (χ0) is 53.6. The fourth-order valence-corrected chi connectivity index (χ4v) is 10.2. The minimum atomic E-state index is -1.48. The molecule has 408 valence electrons. The first-order valence-electron chi connectivity index (χ1n) is 25.6. The number of aliphatic hydroxyl groups excluding tert-OH is 1. The molecular weight excluding hydrogens is 969 g/mol. The highest BCUT2D eigenvalue weighted by atomic mass is 16.6. The van der Waals surface area contributed by atoms with Gasteiger partial charge in [-0.05, 0) is 68.7 Å².